The topological polar surface area (TPSA) is 142 Å². The number of hydrogen-bond acceptors (Lipinski definition) is 12. The highest BCUT2D eigenvalue weighted by molar-refractivity contribution is 5.87. The highest BCUT2D eigenvalue weighted by atomic mass is 16.6. The Hall–Kier alpha value is -6.56. The normalized spacial score (nSPS) is 18.3. The monoisotopic (exact) mass is 1030 g/mol. The van der Waals surface area contributed by atoms with Gasteiger partial charge in [-0.2, -0.15) is 0 Å². The van der Waals surface area contributed by atoms with Crippen molar-refractivity contribution in [2.45, 2.75) is 148 Å². The zero-order valence-electron chi connectivity index (χ0n) is 45.2. The van der Waals surface area contributed by atoms with Gasteiger partial charge in [0.2, 0.25) is 0 Å². The van der Waals surface area contributed by atoms with E-state index in [2.05, 4.69) is 65.1 Å². The Balaban J connectivity index is 0.975. The van der Waals surface area contributed by atoms with Gasteiger partial charge in [-0.15, -0.1) is 0 Å². The Morgan fingerprint density at radius 2 is 0.800 bits per heavy atom. The van der Waals surface area contributed by atoms with Crippen molar-refractivity contribution in [2.24, 2.45) is 11.8 Å². The largest absolute Gasteiger partial charge is 0.490 e. The van der Waals surface area contributed by atoms with E-state index < -0.39 is 41.5 Å². The highest BCUT2D eigenvalue weighted by Gasteiger charge is 2.27. The Labute approximate surface area is 445 Å². The number of rotatable bonds is 28. The summed E-state index contributed by atoms with van der Waals surface area (Å²) >= 11 is 0. The number of benzene rings is 4. The number of carbonyl (C=O) groups is 4. The molecule has 0 aromatic heterocycles. The molecule has 12 heteroatoms. The minimum atomic E-state index is -0.910. The lowest BCUT2D eigenvalue weighted by atomic mass is 9.77. The van der Waals surface area contributed by atoms with E-state index in [4.69, 9.17) is 37.9 Å². The molecule has 4 aromatic carbocycles. The van der Waals surface area contributed by atoms with Crippen LogP contribution in [-0.4, -0.2) is 75.7 Å². The van der Waals surface area contributed by atoms with Gasteiger partial charge < -0.3 is 37.9 Å². The summed E-state index contributed by atoms with van der Waals surface area (Å²) in [5.41, 5.74) is 4.60. The fourth-order valence-corrected chi connectivity index (χ4v) is 10.1. The van der Waals surface area contributed by atoms with Gasteiger partial charge in [-0.25, -0.2) is 19.2 Å². The molecule has 2 aliphatic rings. The van der Waals surface area contributed by atoms with Crippen molar-refractivity contribution in [1.29, 1.82) is 0 Å². The third kappa shape index (κ3) is 18.4. The summed E-state index contributed by atoms with van der Waals surface area (Å²) in [6.45, 7) is 17.8. The van der Waals surface area contributed by atoms with Crippen LogP contribution in [0.15, 0.2) is 121 Å². The summed E-state index contributed by atoms with van der Waals surface area (Å²) in [6, 6.07) is 31.1. The van der Waals surface area contributed by atoms with Crippen molar-refractivity contribution in [3.63, 3.8) is 0 Å². The van der Waals surface area contributed by atoms with E-state index in [-0.39, 0.29) is 50.8 Å². The molecule has 2 fully saturated rings. The van der Waals surface area contributed by atoms with Crippen molar-refractivity contribution in [1.82, 2.24) is 0 Å². The first-order chi connectivity index (χ1) is 36.1. The van der Waals surface area contributed by atoms with Crippen molar-refractivity contribution in [3.8, 4) is 23.0 Å². The van der Waals surface area contributed by atoms with Crippen LogP contribution in [0.1, 0.15) is 153 Å². The Bertz CT molecular complexity index is 2270. The van der Waals surface area contributed by atoms with Crippen LogP contribution >= 0.6 is 0 Å². The quantitative estimate of drug-likeness (QED) is 0.0304. The van der Waals surface area contributed by atoms with Gasteiger partial charge in [0.05, 0.1) is 0 Å². The van der Waals surface area contributed by atoms with Gasteiger partial charge in [0.1, 0.15) is 49.4 Å². The standard InChI is InChI=1S/C63H80O12/c1-9-11-45-13-17-47(18-14-45)49-21-29-53(30-22-49)70-41-59(64)74-57(39-72-61(66)43(3)4)37-68-55-33-25-51(26-34-55)63(7,8)52-27-35-56(36-28-52)69-38-58(40-73-62(67)44(5)6)75-60(65)42-71-54-31-23-50(24-32-54)48-19-15-46(12-10-2)16-20-48/h21-36,45-48,57-58H,3,5,9-20,37-42H2,1-2,4,6-8H3. The molecule has 404 valence electrons. The number of esters is 4. The number of ether oxygens (including phenoxy) is 8. The minimum Gasteiger partial charge on any atom is -0.490 e. The molecular formula is C63H80O12. The summed E-state index contributed by atoms with van der Waals surface area (Å²) in [7, 11) is 0. The van der Waals surface area contributed by atoms with Crippen molar-refractivity contribution >= 4 is 23.9 Å². The molecule has 0 heterocycles. The van der Waals surface area contributed by atoms with E-state index in [0.29, 0.717) is 34.8 Å². The molecule has 4 aromatic rings. The molecule has 2 saturated carbocycles. The highest BCUT2D eigenvalue weighted by Crippen LogP contribution is 2.39. The molecule has 0 radical (unpaired) electrons. The first kappa shape index (κ1) is 57.7. The van der Waals surface area contributed by atoms with Crippen molar-refractivity contribution in [3.05, 3.63) is 144 Å². The molecule has 0 saturated heterocycles. The van der Waals surface area contributed by atoms with Crippen LogP contribution in [0, 0.1) is 11.8 Å². The molecule has 6 rings (SSSR count). The van der Waals surface area contributed by atoms with Gasteiger partial charge in [-0.1, -0.05) is 115 Å². The van der Waals surface area contributed by atoms with E-state index in [9.17, 15) is 19.2 Å². The first-order valence-corrected chi connectivity index (χ1v) is 27.1. The Morgan fingerprint density at radius 3 is 1.12 bits per heavy atom. The second kappa shape index (κ2) is 28.9. The van der Waals surface area contributed by atoms with Crippen LogP contribution in [0.4, 0.5) is 0 Å². The van der Waals surface area contributed by atoms with Crippen molar-refractivity contribution in [2.75, 3.05) is 39.6 Å². The molecule has 0 amide bonds. The minimum absolute atomic E-state index is 0.0763. The molecule has 12 nitrogen and oxygen atoms in total. The van der Waals surface area contributed by atoms with Gasteiger partial charge in [0, 0.05) is 16.6 Å². The lowest BCUT2D eigenvalue weighted by Gasteiger charge is -2.28. The Kier molecular flexibility index (Phi) is 22.3. The molecular weight excluding hydrogens is 949 g/mol. The van der Waals surface area contributed by atoms with E-state index in [1.165, 1.54) is 88.2 Å². The van der Waals surface area contributed by atoms with Crippen molar-refractivity contribution < 1.29 is 57.1 Å². The van der Waals surface area contributed by atoms with Crippen LogP contribution in [0.5, 0.6) is 23.0 Å². The summed E-state index contributed by atoms with van der Waals surface area (Å²) in [5.74, 6) is 2.53. The molecule has 2 unspecified atom stereocenters. The third-order valence-electron chi connectivity index (χ3n) is 14.6. The zero-order valence-corrected chi connectivity index (χ0v) is 45.2. The van der Waals surface area contributed by atoms with Crippen LogP contribution in [0.2, 0.25) is 0 Å². The lowest BCUT2D eigenvalue weighted by Crippen LogP contribution is -2.33. The second-order valence-corrected chi connectivity index (χ2v) is 21.0. The van der Waals surface area contributed by atoms with Crippen LogP contribution in [-0.2, 0) is 43.5 Å². The second-order valence-electron chi connectivity index (χ2n) is 21.0. The zero-order chi connectivity index (χ0) is 53.7. The molecule has 0 N–H and O–H groups in total. The molecule has 75 heavy (non-hydrogen) atoms. The first-order valence-electron chi connectivity index (χ1n) is 27.1. The van der Waals surface area contributed by atoms with Gasteiger partial charge >= 0.3 is 23.9 Å². The fourth-order valence-electron chi connectivity index (χ4n) is 10.1. The van der Waals surface area contributed by atoms with E-state index in [1.807, 2.05) is 72.8 Å². The maximum Gasteiger partial charge on any atom is 0.344 e. The van der Waals surface area contributed by atoms with Gasteiger partial charge in [0.25, 0.3) is 0 Å². The molecule has 2 atom stereocenters. The Morgan fingerprint density at radius 1 is 0.480 bits per heavy atom. The average molecular weight is 1030 g/mol. The lowest BCUT2D eigenvalue weighted by molar-refractivity contribution is -0.160. The third-order valence-corrected chi connectivity index (χ3v) is 14.6. The molecule has 2 aliphatic carbocycles. The molecule has 0 spiro atoms. The summed E-state index contributed by atoms with van der Waals surface area (Å²) in [4.78, 5) is 50.6. The smallest absolute Gasteiger partial charge is 0.344 e. The maximum atomic E-state index is 13.0. The number of hydrogen-bond donors (Lipinski definition) is 0. The van der Waals surface area contributed by atoms with Gasteiger partial charge in [-0.05, 0) is 160 Å². The fraction of sp³-hybridized carbons (Fsp3) is 0.492. The maximum absolute atomic E-state index is 13.0. The van der Waals surface area contributed by atoms with E-state index >= 15 is 0 Å². The summed E-state index contributed by atoms with van der Waals surface area (Å²) < 4.78 is 45.8. The predicted molar refractivity (Wildman–Crippen MR) is 290 cm³/mol. The van der Waals surface area contributed by atoms with Crippen LogP contribution in [0.3, 0.4) is 0 Å². The average Bonchev–Trinajstić information content (AvgIpc) is 3.42. The molecule has 0 bridgehead atoms. The van der Waals surface area contributed by atoms with Crippen LogP contribution in [0.25, 0.3) is 0 Å². The summed E-state index contributed by atoms with van der Waals surface area (Å²) in [5, 5.41) is 0. The van der Waals surface area contributed by atoms with Gasteiger partial charge in [0.15, 0.2) is 25.4 Å². The number of carbonyl (C=O) groups excluding carboxylic acids is 4. The summed E-state index contributed by atoms with van der Waals surface area (Å²) in [6.07, 6.45) is 13.2. The molecule has 0 aliphatic heterocycles. The van der Waals surface area contributed by atoms with Crippen LogP contribution < -0.4 is 18.9 Å². The SMILES string of the molecule is C=C(C)C(=O)OCC(COc1ccc(C(C)(C)c2ccc(OCC(COC(=O)C(=C)C)OC(=O)COc3ccc(C4CCC(CCC)CC4)cc3)cc2)cc1)OC(=O)COc1ccc(C2CCC(CCC)CC2)cc1. The van der Waals surface area contributed by atoms with E-state index in [0.717, 1.165) is 23.0 Å². The van der Waals surface area contributed by atoms with E-state index in [1.54, 1.807) is 13.8 Å². The van der Waals surface area contributed by atoms with Gasteiger partial charge in [-0.3, -0.25) is 0 Å². The predicted octanol–water partition coefficient (Wildman–Crippen LogP) is 13.1.